The molecule has 84 valence electrons. The van der Waals surface area contributed by atoms with Crippen molar-refractivity contribution in [2.75, 3.05) is 0 Å². The maximum Gasteiger partial charge on any atom is 0.157 e. The van der Waals surface area contributed by atoms with Gasteiger partial charge in [-0.05, 0) is 30.8 Å². The van der Waals surface area contributed by atoms with Gasteiger partial charge in [0.15, 0.2) is 5.82 Å². The largest absolute Gasteiger partial charge is 0.261 e. The summed E-state index contributed by atoms with van der Waals surface area (Å²) in [4.78, 5) is 3.94. The molecule has 0 saturated carbocycles. The Hall–Kier alpha value is -1.07. The molecule has 0 amide bonds. The topological polar surface area (TPSA) is 30.7 Å². The monoisotopic (exact) mass is 257 g/mol. The number of rotatable bonds is 2. The summed E-state index contributed by atoms with van der Waals surface area (Å²) in [6.07, 6.45) is 1.43. The Labute approximate surface area is 102 Å². The summed E-state index contributed by atoms with van der Waals surface area (Å²) in [5.74, 6) is -0.420. The molecule has 0 aliphatic carbocycles. The number of nitrogens with zero attached hydrogens (tertiary/aromatic N) is 3. The van der Waals surface area contributed by atoms with Gasteiger partial charge < -0.3 is 0 Å². The highest BCUT2D eigenvalue weighted by molar-refractivity contribution is 7.99. The van der Waals surface area contributed by atoms with E-state index in [1.165, 1.54) is 24.0 Å². The van der Waals surface area contributed by atoms with E-state index in [4.69, 9.17) is 11.6 Å². The number of aromatic nitrogens is 3. The molecular weight excluding hydrogens is 249 g/mol. The predicted octanol–water partition coefficient (Wildman–Crippen LogP) is 3.07. The molecule has 0 aromatic carbocycles. The molecule has 0 aliphatic rings. The smallest absolute Gasteiger partial charge is 0.157 e. The Bertz CT molecular complexity index is 527. The van der Waals surface area contributed by atoms with Gasteiger partial charge in [0.1, 0.15) is 10.1 Å². The van der Waals surface area contributed by atoms with Crippen molar-refractivity contribution in [2.24, 2.45) is 7.05 Å². The SMILES string of the molecule is Cc1cc(Sc2ncc(Cl)cc2F)n(C)n1. The summed E-state index contributed by atoms with van der Waals surface area (Å²) in [6.45, 7) is 1.88. The van der Waals surface area contributed by atoms with Crippen LogP contribution in [-0.4, -0.2) is 14.8 Å². The molecule has 16 heavy (non-hydrogen) atoms. The highest BCUT2D eigenvalue weighted by Gasteiger charge is 2.10. The zero-order valence-electron chi connectivity index (χ0n) is 8.74. The van der Waals surface area contributed by atoms with Crippen LogP contribution in [0.3, 0.4) is 0 Å². The minimum absolute atomic E-state index is 0.294. The van der Waals surface area contributed by atoms with E-state index in [-0.39, 0.29) is 0 Å². The lowest BCUT2D eigenvalue weighted by Gasteiger charge is -2.02. The van der Waals surface area contributed by atoms with Crippen molar-refractivity contribution in [2.45, 2.75) is 17.0 Å². The molecule has 0 saturated heterocycles. The van der Waals surface area contributed by atoms with E-state index in [9.17, 15) is 4.39 Å². The van der Waals surface area contributed by atoms with Gasteiger partial charge in [0.05, 0.1) is 10.7 Å². The molecule has 2 heterocycles. The first-order chi connectivity index (χ1) is 7.56. The third kappa shape index (κ3) is 2.36. The van der Waals surface area contributed by atoms with Crippen LogP contribution in [0.2, 0.25) is 5.02 Å². The van der Waals surface area contributed by atoms with Crippen LogP contribution < -0.4 is 0 Å². The van der Waals surface area contributed by atoms with Gasteiger partial charge in [-0.15, -0.1) is 0 Å². The van der Waals surface area contributed by atoms with E-state index in [0.717, 1.165) is 10.7 Å². The number of pyridine rings is 1. The normalized spacial score (nSPS) is 10.8. The minimum Gasteiger partial charge on any atom is -0.261 e. The van der Waals surface area contributed by atoms with E-state index in [1.54, 1.807) is 4.68 Å². The number of aryl methyl sites for hydroxylation is 2. The first-order valence-corrected chi connectivity index (χ1v) is 5.75. The maximum absolute atomic E-state index is 13.5. The molecule has 0 atom stereocenters. The Morgan fingerprint density at radius 3 is 2.75 bits per heavy atom. The van der Waals surface area contributed by atoms with Crippen molar-refractivity contribution in [3.05, 3.63) is 34.9 Å². The van der Waals surface area contributed by atoms with Crippen LogP contribution in [0.25, 0.3) is 0 Å². The molecule has 0 unspecified atom stereocenters. The van der Waals surface area contributed by atoms with Gasteiger partial charge in [0.2, 0.25) is 0 Å². The molecule has 2 aromatic heterocycles. The third-order valence-corrected chi connectivity index (χ3v) is 3.23. The van der Waals surface area contributed by atoms with Crippen molar-refractivity contribution in [3.8, 4) is 0 Å². The maximum atomic E-state index is 13.5. The fraction of sp³-hybridized carbons (Fsp3) is 0.200. The van der Waals surface area contributed by atoms with Crippen LogP contribution >= 0.6 is 23.4 Å². The summed E-state index contributed by atoms with van der Waals surface area (Å²) in [5, 5.41) is 5.61. The van der Waals surface area contributed by atoms with E-state index < -0.39 is 5.82 Å². The average Bonchev–Trinajstić information content (AvgIpc) is 2.50. The Kier molecular flexibility index (Phi) is 3.16. The average molecular weight is 258 g/mol. The van der Waals surface area contributed by atoms with Crippen molar-refractivity contribution in [1.29, 1.82) is 0 Å². The van der Waals surface area contributed by atoms with Crippen LogP contribution in [0.5, 0.6) is 0 Å². The Morgan fingerprint density at radius 1 is 1.44 bits per heavy atom. The second-order valence-electron chi connectivity index (χ2n) is 3.29. The van der Waals surface area contributed by atoms with Gasteiger partial charge in [-0.3, -0.25) is 4.68 Å². The predicted molar refractivity (Wildman–Crippen MR) is 61.3 cm³/mol. The van der Waals surface area contributed by atoms with E-state index in [0.29, 0.717) is 10.0 Å². The van der Waals surface area contributed by atoms with Gasteiger partial charge in [-0.25, -0.2) is 9.37 Å². The quantitative estimate of drug-likeness (QED) is 0.828. The summed E-state index contributed by atoms with van der Waals surface area (Å²) in [6, 6.07) is 3.13. The molecule has 0 aliphatic heterocycles. The first kappa shape index (κ1) is 11.4. The number of halogens is 2. The lowest BCUT2D eigenvalue weighted by atomic mass is 10.5. The van der Waals surface area contributed by atoms with Crippen molar-refractivity contribution >= 4 is 23.4 Å². The fourth-order valence-electron chi connectivity index (χ4n) is 1.26. The lowest BCUT2D eigenvalue weighted by Crippen LogP contribution is -1.94. The molecule has 6 heteroatoms. The van der Waals surface area contributed by atoms with Crippen molar-refractivity contribution in [1.82, 2.24) is 14.8 Å². The molecular formula is C10H9ClFN3S. The van der Waals surface area contributed by atoms with Gasteiger partial charge in [0.25, 0.3) is 0 Å². The van der Waals surface area contributed by atoms with Crippen molar-refractivity contribution in [3.63, 3.8) is 0 Å². The van der Waals surface area contributed by atoms with Gasteiger partial charge in [0, 0.05) is 13.2 Å². The summed E-state index contributed by atoms with van der Waals surface area (Å²) >= 11 is 6.85. The van der Waals surface area contributed by atoms with E-state index >= 15 is 0 Å². The highest BCUT2D eigenvalue weighted by atomic mass is 35.5. The van der Waals surface area contributed by atoms with Gasteiger partial charge >= 0.3 is 0 Å². The van der Waals surface area contributed by atoms with Crippen molar-refractivity contribution < 1.29 is 4.39 Å². The van der Waals surface area contributed by atoms with Crippen LogP contribution in [0.15, 0.2) is 28.4 Å². The molecule has 2 aromatic rings. The second kappa shape index (κ2) is 4.43. The third-order valence-electron chi connectivity index (χ3n) is 1.93. The van der Waals surface area contributed by atoms with Crippen LogP contribution in [0.1, 0.15) is 5.69 Å². The lowest BCUT2D eigenvalue weighted by molar-refractivity contribution is 0.587. The van der Waals surface area contributed by atoms with Gasteiger partial charge in [-0.2, -0.15) is 5.10 Å². The van der Waals surface area contributed by atoms with E-state index in [1.807, 2.05) is 20.0 Å². The molecule has 0 spiro atoms. The summed E-state index contributed by atoms with van der Waals surface area (Å²) in [7, 11) is 1.81. The second-order valence-corrected chi connectivity index (χ2v) is 4.74. The zero-order chi connectivity index (χ0) is 11.7. The number of hydrogen-bond acceptors (Lipinski definition) is 3. The zero-order valence-corrected chi connectivity index (χ0v) is 10.3. The number of hydrogen-bond donors (Lipinski definition) is 0. The van der Waals surface area contributed by atoms with Gasteiger partial charge in [-0.1, -0.05) is 11.6 Å². The van der Waals surface area contributed by atoms with Crippen LogP contribution in [-0.2, 0) is 7.05 Å². The molecule has 0 fully saturated rings. The Balaban J connectivity index is 2.30. The van der Waals surface area contributed by atoms with Crippen LogP contribution in [0.4, 0.5) is 4.39 Å². The Morgan fingerprint density at radius 2 is 2.19 bits per heavy atom. The molecule has 0 radical (unpaired) electrons. The molecule has 0 N–H and O–H groups in total. The fourth-order valence-corrected chi connectivity index (χ4v) is 2.27. The first-order valence-electron chi connectivity index (χ1n) is 4.56. The van der Waals surface area contributed by atoms with Crippen LogP contribution in [0, 0.1) is 12.7 Å². The minimum atomic E-state index is -0.420. The van der Waals surface area contributed by atoms with E-state index in [2.05, 4.69) is 10.1 Å². The summed E-state index contributed by atoms with van der Waals surface area (Å²) < 4.78 is 15.2. The summed E-state index contributed by atoms with van der Waals surface area (Å²) in [5.41, 5.74) is 0.888. The molecule has 2 rings (SSSR count). The molecule has 3 nitrogen and oxygen atoms in total. The standard InChI is InChI=1S/C10H9ClFN3S/c1-6-3-9(15(2)14-6)16-10-8(12)4-7(11)5-13-10/h3-5H,1-2H3. The highest BCUT2D eigenvalue weighted by Crippen LogP contribution is 2.29. The molecule has 0 bridgehead atoms.